The van der Waals surface area contributed by atoms with Crippen LogP contribution in [0.4, 0.5) is 4.39 Å². The van der Waals surface area contributed by atoms with Gasteiger partial charge in [-0.05, 0) is 61.5 Å². The number of halogens is 2. The molecule has 1 heterocycles. The van der Waals surface area contributed by atoms with Crippen molar-refractivity contribution in [2.75, 3.05) is 13.1 Å². The van der Waals surface area contributed by atoms with Gasteiger partial charge in [0.2, 0.25) is 0 Å². The number of carbonyl (C=O) groups is 1. The summed E-state index contributed by atoms with van der Waals surface area (Å²) in [4.78, 5) is 12.1. The van der Waals surface area contributed by atoms with Gasteiger partial charge in [0.25, 0.3) is 0 Å². The average Bonchev–Trinajstić information content (AvgIpc) is 2.43. The second-order valence-corrected chi connectivity index (χ2v) is 6.18. The van der Waals surface area contributed by atoms with Gasteiger partial charge in [-0.25, -0.2) is 4.39 Å². The Bertz CT molecular complexity index is 472. The first-order valence-corrected chi connectivity index (χ1v) is 7.60. The highest BCUT2D eigenvalue weighted by molar-refractivity contribution is 6.30. The van der Waals surface area contributed by atoms with Crippen molar-refractivity contribution in [3.63, 3.8) is 0 Å². The number of ketones is 1. The smallest absolute Gasteiger partial charge is 0.137 e. The minimum atomic E-state index is -0.352. The first-order chi connectivity index (χ1) is 9.56. The molecule has 0 aliphatic carbocycles. The van der Waals surface area contributed by atoms with Gasteiger partial charge in [0.05, 0.1) is 0 Å². The standard InChI is InChI=1S/C16H21ClFNO/c1-11(12-3-2-6-19-10-12)7-15(20)9-13-8-14(17)4-5-16(13)18/h4-5,8,11-12,19H,2-3,6-7,9-10H2,1H3. The molecule has 1 aliphatic heterocycles. The molecule has 0 amide bonds. The van der Waals surface area contributed by atoms with E-state index < -0.39 is 0 Å². The molecule has 0 radical (unpaired) electrons. The number of benzene rings is 1. The van der Waals surface area contributed by atoms with Crippen LogP contribution >= 0.6 is 11.6 Å². The summed E-state index contributed by atoms with van der Waals surface area (Å²) < 4.78 is 13.6. The fourth-order valence-corrected chi connectivity index (χ4v) is 3.05. The van der Waals surface area contributed by atoms with Crippen LogP contribution in [-0.2, 0) is 11.2 Å². The van der Waals surface area contributed by atoms with Crippen LogP contribution in [0.5, 0.6) is 0 Å². The largest absolute Gasteiger partial charge is 0.316 e. The summed E-state index contributed by atoms with van der Waals surface area (Å²) in [7, 11) is 0. The van der Waals surface area contributed by atoms with E-state index in [0.717, 1.165) is 13.1 Å². The Kier molecular flexibility index (Phi) is 5.55. The molecule has 2 unspecified atom stereocenters. The monoisotopic (exact) mass is 297 g/mol. The predicted molar refractivity (Wildman–Crippen MR) is 79.5 cm³/mol. The molecular formula is C16H21ClFNO. The van der Waals surface area contributed by atoms with E-state index in [1.807, 2.05) is 0 Å². The van der Waals surface area contributed by atoms with Crippen LogP contribution in [0.15, 0.2) is 18.2 Å². The third-order valence-electron chi connectivity index (χ3n) is 4.08. The molecule has 0 spiro atoms. The van der Waals surface area contributed by atoms with Crippen molar-refractivity contribution in [3.8, 4) is 0 Å². The van der Waals surface area contributed by atoms with E-state index in [-0.39, 0.29) is 18.0 Å². The summed E-state index contributed by atoms with van der Waals surface area (Å²) in [5.74, 6) is 0.633. The first-order valence-electron chi connectivity index (χ1n) is 7.22. The van der Waals surface area contributed by atoms with Crippen LogP contribution in [0.3, 0.4) is 0 Å². The van der Waals surface area contributed by atoms with Gasteiger partial charge in [-0.3, -0.25) is 4.79 Å². The Morgan fingerprint density at radius 3 is 3.05 bits per heavy atom. The van der Waals surface area contributed by atoms with Crippen molar-refractivity contribution in [2.24, 2.45) is 11.8 Å². The quantitative estimate of drug-likeness (QED) is 0.899. The molecule has 20 heavy (non-hydrogen) atoms. The summed E-state index contributed by atoms with van der Waals surface area (Å²) in [5, 5.41) is 3.84. The third-order valence-corrected chi connectivity index (χ3v) is 4.32. The van der Waals surface area contributed by atoms with E-state index in [1.165, 1.54) is 25.0 Å². The number of carbonyl (C=O) groups excluding carboxylic acids is 1. The van der Waals surface area contributed by atoms with Gasteiger partial charge < -0.3 is 5.32 Å². The lowest BCUT2D eigenvalue weighted by molar-refractivity contribution is -0.119. The highest BCUT2D eigenvalue weighted by Gasteiger charge is 2.22. The molecule has 1 saturated heterocycles. The van der Waals surface area contributed by atoms with Gasteiger partial charge >= 0.3 is 0 Å². The van der Waals surface area contributed by atoms with E-state index in [4.69, 9.17) is 11.6 Å². The molecule has 1 N–H and O–H groups in total. The molecule has 1 aromatic carbocycles. The Balaban J connectivity index is 1.89. The lowest BCUT2D eigenvalue weighted by Crippen LogP contribution is -2.34. The number of rotatable bonds is 5. The maximum atomic E-state index is 13.6. The van der Waals surface area contributed by atoms with Crippen molar-refractivity contribution in [1.82, 2.24) is 5.32 Å². The summed E-state index contributed by atoms with van der Waals surface area (Å²) in [6.45, 7) is 4.18. The summed E-state index contributed by atoms with van der Waals surface area (Å²) in [6.07, 6.45) is 2.99. The molecule has 1 fully saturated rings. The number of hydrogen-bond donors (Lipinski definition) is 1. The van der Waals surface area contributed by atoms with Crippen molar-refractivity contribution in [1.29, 1.82) is 0 Å². The van der Waals surface area contributed by atoms with Gasteiger partial charge in [-0.2, -0.15) is 0 Å². The Hall–Kier alpha value is -0.930. The van der Waals surface area contributed by atoms with Crippen LogP contribution in [0.1, 0.15) is 31.7 Å². The van der Waals surface area contributed by atoms with Crippen LogP contribution in [0, 0.1) is 17.7 Å². The molecule has 110 valence electrons. The van der Waals surface area contributed by atoms with Crippen molar-refractivity contribution >= 4 is 17.4 Å². The highest BCUT2D eigenvalue weighted by Crippen LogP contribution is 2.24. The summed E-state index contributed by atoms with van der Waals surface area (Å²) in [5.41, 5.74) is 0.400. The van der Waals surface area contributed by atoms with Gasteiger partial charge in [-0.15, -0.1) is 0 Å². The molecule has 2 rings (SSSR count). The van der Waals surface area contributed by atoms with Crippen LogP contribution in [-0.4, -0.2) is 18.9 Å². The molecule has 1 aliphatic rings. The van der Waals surface area contributed by atoms with Gasteiger partial charge in [0.1, 0.15) is 11.6 Å². The van der Waals surface area contributed by atoms with Crippen LogP contribution in [0.25, 0.3) is 0 Å². The Morgan fingerprint density at radius 2 is 2.35 bits per heavy atom. The number of Topliss-reactive ketones (excluding diaryl/α,β-unsaturated/α-hetero) is 1. The van der Waals surface area contributed by atoms with Crippen LogP contribution in [0.2, 0.25) is 5.02 Å². The van der Waals surface area contributed by atoms with Gasteiger partial charge in [-0.1, -0.05) is 18.5 Å². The molecule has 0 bridgehead atoms. The summed E-state index contributed by atoms with van der Waals surface area (Å²) >= 11 is 5.84. The fourth-order valence-electron chi connectivity index (χ4n) is 2.85. The zero-order valence-corrected chi connectivity index (χ0v) is 12.5. The van der Waals surface area contributed by atoms with E-state index in [0.29, 0.717) is 28.8 Å². The average molecular weight is 298 g/mol. The zero-order chi connectivity index (χ0) is 14.5. The number of nitrogens with one attached hydrogen (secondary N) is 1. The maximum Gasteiger partial charge on any atom is 0.137 e. The topological polar surface area (TPSA) is 29.1 Å². The van der Waals surface area contributed by atoms with Gasteiger partial charge in [0.15, 0.2) is 0 Å². The lowest BCUT2D eigenvalue weighted by Gasteiger charge is -2.28. The Labute approximate surface area is 124 Å². The maximum absolute atomic E-state index is 13.6. The fraction of sp³-hybridized carbons (Fsp3) is 0.562. The van der Waals surface area contributed by atoms with Crippen molar-refractivity contribution in [3.05, 3.63) is 34.6 Å². The normalized spacial score (nSPS) is 20.6. The minimum Gasteiger partial charge on any atom is -0.316 e. The zero-order valence-electron chi connectivity index (χ0n) is 11.8. The summed E-state index contributed by atoms with van der Waals surface area (Å²) in [6, 6.07) is 4.36. The molecular weight excluding hydrogens is 277 g/mol. The highest BCUT2D eigenvalue weighted by atomic mass is 35.5. The molecule has 0 aromatic heterocycles. The molecule has 1 aromatic rings. The first kappa shape index (κ1) is 15.5. The van der Waals surface area contributed by atoms with E-state index >= 15 is 0 Å². The van der Waals surface area contributed by atoms with Crippen molar-refractivity contribution in [2.45, 2.75) is 32.6 Å². The van der Waals surface area contributed by atoms with E-state index in [2.05, 4.69) is 12.2 Å². The van der Waals surface area contributed by atoms with E-state index in [9.17, 15) is 9.18 Å². The lowest BCUT2D eigenvalue weighted by atomic mass is 9.83. The van der Waals surface area contributed by atoms with Crippen molar-refractivity contribution < 1.29 is 9.18 Å². The van der Waals surface area contributed by atoms with E-state index in [1.54, 1.807) is 6.07 Å². The third kappa shape index (κ3) is 4.29. The SMILES string of the molecule is CC(CC(=O)Cc1cc(Cl)ccc1F)C1CCCNC1. The molecule has 4 heteroatoms. The second-order valence-electron chi connectivity index (χ2n) is 5.74. The Morgan fingerprint density at radius 1 is 1.55 bits per heavy atom. The predicted octanol–water partition coefficient (Wildman–Crippen LogP) is 3.62. The number of hydrogen-bond acceptors (Lipinski definition) is 2. The second kappa shape index (κ2) is 7.19. The molecule has 2 nitrogen and oxygen atoms in total. The van der Waals surface area contributed by atoms with Crippen LogP contribution < -0.4 is 5.32 Å². The minimum absolute atomic E-state index is 0.0873. The number of piperidine rings is 1. The molecule has 2 atom stereocenters. The van der Waals surface area contributed by atoms with Gasteiger partial charge in [0, 0.05) is 17.9 Å². The molecule has 0 saturated carbocycles.